The molecule has 32 heavy (non-hydrogen) atoms. The first-order valence-corrected chi connectivity index (χ1v) is 11.5. The number of nitrogens with one attached hydrogen (secondary N) is 1. The summed E-state index contributed by atoms with van der Waals surface area (Å²) in [6, 6.07) is 12.9. The predicted molar refractivity (Wildman–Crippen MR) is 113 cm³/mol. The van der Waals surface area contributed by atoms with E-state index in [9.17, 15) is 18.0 Å². The second-order valence-electron chi connectivity index (χ2n) is 7.34. The average molecular weight is 464 g/mol. The third-order valence-electron chi connectivity index (χ3n) is 5.47. The normalized spacial score (nSPS) is 15.6. The Hall–Kier alpha value is -2.95. The lowest BCUT2D eigenvalue weighted by Crippen LogP contribution is -2.54. The van der Waals surface area contributed by atoms with E-state index in [1.54, 1.807) is 12.1 Å². The highest BCUT2D eigenvalue weighted by atomic mass is 32.2. The van der Waals surface area contributed by atoms with Gasteiger partial charge in [-0.1, -0.05) is 12.1 Å². The van der Waals surface area contributed by atoms with Gasteiger partial charge in [0.05, 0.1) is 12.0 Å². The molecule has 2 aromatic carbocycles. The molecule has 172 valence electrons. The Labute approximate surface area is 186 Å². The minimum absolute atomic E-state index is 0.0477. The third kappa shape index (κ3) is 4.93. The number of sulfone groups is 1. The number of aryl methyl sites for hydroxylation is 1. The van der Waals surface area contributed by atoms with Gasteiger partial charge in [-0.2, -0.15) is 0 Å². The maximum absolute atomic E-state index is 13.2. The summed E-state index contributed by atoms with van der Waals surface area (Å²) in [5.41, 5.74) is 2.45. The Bertz CT molecular complexity index is 1040. The molecular formula is C22H25NO8S. The lowest BCUT2D eigenvalue weighted by molar-refractivity contribution is -0.140. The van der Waals surface area contributed by atoms with Gasteiger partial charge < -0.3 is 14.2 Å². The molecule has 0 aromatic heterocycles. The Morgan fingerprint density at radius 1 is 1.03 bits per heavy atom. The second-order valence-corrected chi connectivity index (χ2v) is 9.60. The van der Waals surface area contributed by atoms with E-state index in [0.717, 1.165) is 5.56 Å². The van der Waals surface area contributed by atoms with Crippen molar-refractivity contribution in [1.82, 2.24) is 5.48 Å². The molecule has 0 atom stereocenters. The number of amides is 1. The Morgan fingerprint density at radius 3 is 2.12 bits per heavy atom. The lowest BCUT2D eigenvalue weighted by Gasteiger charge is -2.34. The molecule has 1 aliphatic rings. The molecule has 0 radical (unpaired) electrons. The van der Waals surface area contributed by atoms with Gasteiger partial charge in [0.15, 0.2) is 14.6 Å². The molecule has 2 aromatic rings. The van der Waals surface area contributed by atoms with E-state index in [-0.39, 0.29) is 43.3 Å². The number of esters is 1. The highest BCUT2D eigenvalue weighted by Gasteiger charge is 2.52. The van der Waals surface area contributed by atoms with Gasteiger partial charge in [-0.15, -0.1) is 0 Å². The maximum Gasteiger partial charge on any atom is 0.305 e. The number of hydrogen-bond acceptors (Lipinski definition) is 8. The third-order valence-corrected chi connectivity index (χ3v) is 7.98. The molecule has 1 heterocycles. The minimum Gasteiger partial charge on any atom is -0.469 e. The van der Waals surface area contributed by atoms with Gasteiger partial charge in [0.25, 0.3) is 5.91 Å². The highest BCUT2D eigenvalue weighted by Crippen LogP contribution is 2.36. The molecule has 0 saturated carbocycles. The van der Waals surface area contributed by atoms with E-state index in [1.165, 1.54) is 36.9 Å². The number of ether oxygens (including phenoxy) is 3. The molecule has 0 bridgehead atoms. The van der Waals surface area contributed by atoms with Crippen LogP contribution in [-0.2, 0) is 35.3 Å². The number of carbonyl (C=O) groups is 2. The molecule has 1 amide bonds. The van der Waals surface area contributed by atoms with Crippen molar-refractivity contribution < 1.29 is 37.4 Å². The minimum atomic E-state index is -4.09. The number of carbonyl (C=O) groups excluding carboxylic acids is 2. The fourth-order valence-corrected chi connectivity index (χ4v) is 5.48. The molecular weight excluding hydrogens is 438 g/mol. The first-order chi connectivity index (χ1) is 15.3. The summed E-state index contributed by atoms with van der Waals surface area (Å²) in [4.78, 5) is 23.5. The van der Waals surface area contributed by atoms with Crippen LogP contribution in [-0.4, -0.2) is 50.6 Å². The fraction of sp³-hybridized carbons (Fsp3) is 0.364. The van der Waals surface area contributed by atoms with Gasteiger partial charge in [0.2, 0.25) is 0 Å². The monoisotopic (exact) mass is 463 g/mol. The molecule has 2 N–H and O–H groups in total. The number of rotatable bonds is 8. The Balaban J connectivity index is 1.73. The van der Waals surface area contributed by atoms with E-state index in [2.05, 4.69) is 4.74 Å². The van der Waals surface area contributed by atoms with Crippen molar-refractivity contribution >= 4 is 21.7 Å². The van der Waals surface area contributed by atoms with Crippen LogP contribution in [0.2, 0.25) is 0 Å². The average Bonchev–Trinajstić information content (AvgIpc) is 2.83. The molecule has 9 nitrogen and oxygen atoms in total. The van der Waals surface area contributed by atoms with Crippen LogP contribution in [0.1, 0.15) is 24.8 Å². The number of methoxy groups -OCH3 is 1. The van der Waals surface area contributed by atoms with E-state index < -0.39 is 20.5 Å². The largest absolute Gasteiger partial charge is 0.469 e. The molecule has 3 rings (SSSR count). The summed E-state index contributed by atoms with van der Waals surface area (Å²) in [7, 11) is -2.74. The van der Waals surface area contributed by atoms with Crippen LogP contribution < -0.4 is 10.2 Å². The van der Waals surface area contributed by atoms with Gasteiger partial charge in [-0.05, 0) is 61.2 Å². The summed E-state index contributed by atoms with van der Waals surface area (Å²) in [5, 5.41) is 9.12. The van der Waals surface area contributed by atoms with Gasteiger partial charge in [0, 0.05) is 19.6 Å². The van der Waals surface area contributed by atoms with E-state index >= 15 is 0 Å². The smallest absolute Gasteiger partial charge is 0.305 e. The van der Waals surface area contributed by atoms with Crippen molar-refractivity contribution in [3.8, 4) is 11.5 Å². The van der Waals surface area contributed by atoms with Crippen molar-refractivity contribution in [2.24, 2.45) is 0 Å². The summed E-state index contributed by atoms with van der Waals surface area (Å²) >= 11 is 0. The fourth-order valence-electron chi connectivity index (χ4n) is 3.54. The van der Waals surface area contributed by atoms with E-state index in [4.69, 9.17) is 14.7 Å². The first kappa shape index (κ1) is 23.7. The van der Waals surface area contributed by atoms with Crippen molar-refractivity contribution in [2.45, 2.75) is 35.3 Å². The zero-order valence-electron chi connectivity index (χ0n) is 17.6. The summed E-state index contributed by atoms with van der Waals surface area (Å²) < 4.78 is 40.3. The van der Waals surface area contributed by atoms with Gasteiger partial charge in [0.1, 0.15) is 11.5 Å². The van der Waals surface area contributed by atoms with Crippen LogP contribution in [0.25, 0.3) is 0 Å². The number of hydroxylamine groups is 1. The van der Waals surface area contributed by atoms with Gasteiger partial charge in [-0.3, -0.25) is 14.8 Å². The molecule has 0 aliphatic carbocycles. The summed E-state index contributed by atoms with van der Waals surface area (Å²) in [6.07, 6.45) is 0.729. The lowest BCUT2D eigenvalue weighted by atomic mass is 9.98. The molecule has 1 fully saturated rings. The van der Waals surface area contributed by atoms with Crippen LogP contribution in [0.5, 0.6) is 11.5 Å². The molecule has 10 heteroatoms. The topological polar surface area (TPSA) is 128 Å². The van der Waals surface area contributed by atoms with Crippen molar-refractivity contribution in [2.75, 3.05) is 20.3 Å². The molecule has 1 aliphatic heterocycles. The summed E-state index contributed by atoms with van der Waals surface area (Å²) in [5.74, 6) is -0.283. The van der Waals surface area contributed by atoms with E-state index in [0.29, 0.717) is 17.9 Å². The van der Waals surface area contributed by atoms with Crippen LogP contribution in [0, 0.1) is 0 Å². The highest BCUT2D eigenvalue weighted by molar-refractivity contribution is 7.93. The zero-order valence-corrected chi connectivity index (χ0v) is 18.4. The van der Waals surface area contributed by atoms with Crippen LogP contribution in [0.4, 0.5) is 0 Å². The van der Waals surface area contributed by atoms with Crippen molar-refractivity contribution in [1.29, 1.82) is 0 Å². The van der Waals surface area contributed by atoms with Gasteiger partial charge >= 0.3 is 5.97 Å². The number of benzene rings is 2. The van der Waals surface area contributed by atoms with Crippen molar-refractivity contribution in [3.63, 3.8) is 0 Å². The predicted octanol–water partition coefficient (Wildman–Crippen LogP) is 2.41. The van der Waals surface area contributed by atoms with Crippen LogP contribution in [0.15, 0.2) is 53.4 Å². The zero-order chi connectivity index (χ0) is 23.2. The van der Waals surface area contributed by atoms with E-state index in [1.807, 2.05) is 12.1 Å². The quantitative estimate of drug-likeness (QED) is 0.347. The number of hydrogen-bond donors (Lipinski definition) is 2. The van der Waals surface area contributed by atoms with Crippen LogP contribution >= 0.6 is 0 Å². The van der Waals surface area contributed by atoms with Crippen LogP contribution in [0.3, 0.4) is 0 Å². The Morgan fingerprint density at radius 2 is 1.59 bits per heavy atom. The van der Waals surface area contributed by atoms with Gasteiger partial charge in [-0.25, -0.2) is 13.9 Å². The molecule has 1 saturated heterocycles. The SMILES string of the molecule is COC(=O)CCc1ccc(Oc2ccc(S(=O)(=O)C3(C(=O)NO)CCOCC3)cc2)cc1. The second kappa shape index (κ2) is 10.1. The maximum atomic E-state index is 13.2. The molecule has 0 unspecified atom stereocenters. The standard InChI is InChI=1S/C22H25NO8S/c1-29-20(24)11-4-16-2-5-17(6-3-16)31-18-7-9-19(10-8-18)32(27,28)22(21(25)23-26)12-14-30-15-13-22/h2-3,5-10,26H,4,11-15H2,1H3,(H,23,25). The molecule has 0 spiro atoms. The summed E-state index contributed by atoms with van der Waals surface area (Å²) in [6.45, 7) is 0.201. The Kier molecular flexibility index (Phi) is 7.49. The van der Waals surface area contributed by atoms with Crippen molar-refractivity contribution in [3.05, 3.63) is 54.1 Å². The first-order valence-electron chi connectivity index (χ1n) is 10.0.